The second kappa shape index (κ2) is 6.22. The Morgan fingerprint density at radius 3 is 2.39 bits per heavy atom. The van der Waals surface area contributed by atoms with Crippen LogP contribution >= 0.6 is 0 Å². The maximum atomic E-state index is 9.68. The van der Waals surface area contributed by atoms with Crippen molar-refractivity contribution in [2.24, 2.45) is 0 Å². The predicted octanol–water partition coefficient (Wildman–Crippen LogP) is 3.39. The molecular weight excluding hydrogens is 222 g/mol. The van der Waals surface area contributed by atoms with Gasteiger partial charge in [-0.05, 0) is 25.0 Å². The van der Waals surface area contributed by atoms with Crippen LogP contribution in [0, 0.1) is 0 Å². The summed E-state index contributed by atoms with van der Waals surface area (Å²) in [5.74, 6) is 0. The van der Waals surface area contributed by atoms with Crippen LogP contribution in [-0.4, -0.2) is 11.7 Å². The third-order valence-electron chi connectivity index (χ3n) is 2.98. The Bertz CT molecular complexity index is 479. The third kappa shape index (κ3) is 3.34. The van der Waals surface area contributed by atoms with Crippen LogP contribution in [-0.2, 0) is 6.42 Å². The van der Waals surface area contributed by atoms with Gasteiger partial charge in [0.1, 0.15) is 0 Å². The van der Waals surface area contributed by atoms with Crippen molar-refractivity contribution in [2.75, 3.05) is 11.9 Å². The molecule has 0 fully saturated rings. The Morgan fingerprint density at radius 1 is 1.00 bits per heavy atom. The number of rotatable bonds is 5. The fourth-order valence-corrected chi connectivity index (χ4v) is 2.01. The second-order valence-corrected chi connectivity index (χ2v) is 4.43. The van der Waals surface area contributed by atoms with Crippen molar-refractivity contribution in [3.05, 3.63) is 65.7 Å². The van der Waals surface area contributed by atoms with Crippen molar-refractivity contribution in [3.63, 3.8) is 0 Å². The van der Waals surface area contributed by atoms with Crippen LogP contribution in [0.4, 0.5) is 5.69 Å². The molecule has 2 nitrogen and oxygen atoms in total. The van der Waals surface area contributed by atoms with Gasteiger partial charge in [-0.3, -0.25) is 0 Å². The molecule has 18 heavy (non-hydrogen) atoms. The molecule has 94 valence electrons. The van der Waals surface area contributed by atoms with Gasteiger partial charge in [0.05, 0.1) is 6.10 Å². The van der Waals surface area contributed by atoms with Gasteiger partial charge in [0.2, 0.25) is 0 Å². The molecule has 1 atom stereocenters. The van der Waals surface area contributed by atoms with Crippen molar-refractivity contribution < 1.29 is 5.11 Å². The van der Waals surface area contributed by atoms with Gasteiger partial charge in [0, 0.05) is 17.8 Å². The van der Waals surface area contributed by atoms with E-state index in [-0.39, 0.29) is 0 Å². The summed E-state index contributed by atoms with van der Waals surface area (Å²) in [6.07, 6.45) is 0.542. The molecule has 2 rings (SSSR count). The lowest BCUT2D eigenvalue weighted by molar-refractivity contribution is 0.200. The summed E-state index contributed by atoms with van der Waals surface area (Å²) in [7, 11) is 0. The highest BCUT2D eigenvalue weighted by molar-refractivity contribution is 5.52. The Balaban J connectivity index is 1.94. The molecule has 0 bridgehead atoms. The minimum Gasteiger partial charge on any atom is -0.389 e. The van der Waals surface area contributed by atoms with Crippen molar-refractivity contribution >= 4 is 5.69 Å². The van der Waals surface area contributed by atoms with E-state index in [4.69, 9.17) is 0 Å². The molecule has 0 amide bonds. The summed E-state index contributed by atoms with van der Waals surface area (Å²) < 4.78 is 0. The van der Waals surface area contributed by atoms with Crippen LogP contribution in [0.25, 0.3) is 0 Å². The summed E-state index contributed by atoms with van der Waals surface area (Å²) in [5, 5.41) is 13.1. The Kier molecular flexibility index (Phi) is 4.37. The number of hydrogen-bond donors (Lipinski definition) is 2. The number of benzene rings is 2. The monoisotopic (exact) mass is 241 g/mol. The number of para-hydroxylation sites is 1. The van der Waals surface area contributed by atoms with Crippen LogP contribution in [0.5, 0.6) is 0 Å². The zero-order chi connectivity index (χ0) is 12.8. The number of nitrogens with one attached hydrogen (secondary N) is 1. The zero-order valence-corrected chi connectivity index (χ0v) is 10.6. The second-order valence-electron chi connectivity index (χ2n) is 4.43. The predicted molar refractivity (Wildman–Crippen MR) is 75.7 cm³/mol. The van der Waals surface area contributed by atoms with Crippen molar-refractivity contribution in [3.8, 4) is 0 Å². The molecule has 0 radical (unpaired) electrons. The van der Waals surface area contributed by atoms with E-state index in [1.165, 1.54) is 5.56 Å². The van der Waals surface area contributed by atoms with Gasteiger partial charge < -0.3 is 10.4 Å². The first-order chi connectivity index (χ1) is 8.77. The first-order valence-corrected chi connectivity index (χ1v) is 6.32. The highest BCUT2D eigenvalue weighted by atomic mass is 16.3. The van der Waals surface area contributed by atoms with Gasteiger partial charge in [0.15, 0.2) is 0 Å². The fraction of sp³-hybridized carbons (Fsp3) is 0.250. The van der Waals surface area contributed by atoms with Gasteiger partial charge >= 0.3 is 0 Å². The summed E-state index contributed by atoms with van der Waals surface area (Å²) in [5.41, 5.74) is 3.29. The van der Waals surface area contributed by atoms with E-state index in [0.717, 1.165) is 24.2 Å². The van der Waals surface area contributed by atoms with Gasteiger partial charge in [-0.25, -0.2) is 0 Å². The number of anilines is 1. The van der Waals surface area contributed by atoms with Gasteiger partial charge in [-0.15, -0.1) is 0 Å². The molecule has 0 heterocycles. The van der Waals surface area contributed by atoms with Crippen LogP contribution in [0.2, 0.25) is 0 Å². The molecule has 2 heteroatoms. The largest absolute Gasteiger partial charge is 0.389 e. The SMILES string of the molecule is CC(O)c1ccccc1NCCc1ccccc1. The lowest BCUT2D eigenvalue weighted by Gasteiger charge is -2.13. The molecule has 0 spiro atoms. The lowest BCUT2D eigenvalue weighted by atomic mass is 10.1. The van der Waals surface area contributed by atoms with Crippen molar-refractivity contribution in [1.82, 2.24) is 0 Å². The highest BCUT2D eigenvalue weighted by Crippen LogP contribution is 2.21. The molecule has 0 aromatic heterocycles. The van der Waals surface area contributed by atoms with E-state index in [2.05, 4.69) is 29.6 Å². The average molecular weight is 241 g/mol. The summed E-state index contributed by atoms with van der Waals surface area (Å²) in [6, 6.07) is 18.3. The lowest BCUT2D eigenvalue weighted by Crippen LogP contribution is -2.07. The van der Waals surface area contributed by atoms with Crippen LogP contribution in [0.1, 0.15) is 24.2 Å². The molecule has 0 aliphatic rings. The highest BCUT2D eigenvalue weighted by Gasteiger charge is 2.05. The maximum absolute atomic E-state index is 9.68. The van der Waals surface area contributed by atoms with E-state index >= 15 is 0 Å². The minimum atomic E-state index is -0.439. The minimum absolute atomic E-state index is 0.439. The molecule has 0 aliphatic heterocycles. The first kappa shape index (κ1) is 12.7. The third-order valence-corrected chi connectivity index (χ3v) is 2.98. The molecular formula is C16H19NO. The molecule has 2 aromatic carbocycles. The summed E-state index contributed by atoms with van der Waals surface area (Å²) in [4.78, 5) is 0. The smallest absolute Gasteiger partial charge is 0.0781 e. The fourth-order valence-electron chi connectivity index (χ4n) is 2.01. The zero-order valence-electron chi connectivity index (χ0n) is 10.6. The van der Waals surface area contributed by atoms with Gasteiger partial charge in [-0.2, -0.15) is 0 Å². The standard InChI is InChI=1S/C16H19NO/c1-13(18)15-9-5-6-10-16(15)17-12-11-14-7-3-2-4-8-14/h2-10,13,17-18H,11-12H2,1H3. The van der Waals surface area contributed by atoms with E-state index in [1.807, 2.05) is 30.3 Å². The first-order valence-electron chi connectivity index (χ1n) is 6.32. The van der Waals surface area contributed by atoms with Crippen molar-refractivity contribution in [2.45, 2.75) is 19.4 Å². The molecule has 0 aliphatic carbocycles. The van der Waals surface area contributed by atoms with E-state index < -0.39 is 6.10 Å². The molecule has 1 unspecified atom stereocenters. The topological polar surface area (TPSA) is 32.3 Å². The number of aliphatic hydroxyl groups excluding tert-OH is 1. The van der Waals surface area contributed by atoms with Crippen molar-refractivity contribution in [1.29, 1.82) is 0 Å². The quantitative estimate of drug-likeness (QED) is 0.841. The molecule has 2 aromatic rings. The number of aliphatic hydroxyl groups is 1. The Morgan fingerprint density at radius 2 is 1.67 bits per heavy atom. The molecule has 2 N–H and O–H groups in total. The van der Waals surface area contributed by atoms with E-state index in [9.17, 15) is 5.11 Å². The van der Waals surface area contributed by atoms with Gasteiger partial charge in [-0.1, -0.05) is 48.5 Å². The van der Waals surface area contributed by atoms with Crippen LogP contribution < -0.4 is 5.32 Å². The Hall–Kier alpha value is -1.80. The summed E-state index contributed by atoms with van der Waals surface area (Å²) in [6.45, 7) is 2.66. The molecule has 0 saturated heterocycles. The maximum Gasteiger partial charge on any atom is 0.0781 e. The van der Waals surface area contributed by atoms with Crippen LogP contribution in [0.3, 0.4) is 0 Å². The van der Waals surface area contributed by atoms with E-state index in [0.29, 0.717) is 0 Å². The normalized spacial score (nSPS) is 12.1. The summed E-state index contributed by atoms with van der Waals surface area (Å²) >= 11 is 0. The average Bonchev–Trinajstić information content (AvgIpc) is 2.40. The number of hydrogen-bond acceptors (Lipinski definition) is 2. The Labute approximate surface area is 108 Å². The van der Waals surface area contributed by atoms with Gasteiger partial charge in [0.25, 0.3) is 0 Å². The molecule has 0 saturated carbocycles. The van der Waals surface area contributed by atoms with E-state index in [1.54, 1.807) is 6.92 Å². The van der Waals surface area contributed by atoms with Crippen LogP contribution in [0.15, 0.2) is 54.6 Å².